The number of aromatic nitrogens is 1. The van der Waals surface area contributed by atoms with Gasteiger partial charge in [-0.3, -0.25) is 4.98 Å². The minimum absolute atomic E-state index is 0.0122. The molecule has 2 rings (SSSR count). The highest BCUT2D eigenvalue weighted by Crippen LogP contribution is 2.29. The van der Waals surface area contributed by atoms with Crippen LogP contribution in [0.1, 0.15) is 31.0 Å². The van der Waals surface area contributed by atoms with Crippen LogP contribution >= 0.6 is 0 Å². The molecule has 0 unspecified atom stereocenters. The molecular weight excluding hydrogens is 326 g/mol. The monoisotopic (exact) mass is 345 g/mol. The minimum atomic E-state index is -3.77. The second-order valence-electron chi connectivity index (χ2n) is 5.18. The fourth-order valence-corrected chi connectivity index (χ4v) is 4.09. The van der Waals surface area contributed by atoms with Crippen molar-refractivity contribution in [3.05, 3.63) is 53.9 Å². The Balaban J connectivity index is 2.43. The summed E-state index contributed by atoms with van der Waals surface area (Å²) < 4.78 is 32.5. The zero-order chi connectivity index (χ0) is 17.7. The molecule has 0 bridgehead atoms. The first kappa shape index (κ1) is 17.9. The smallest absolute Gasteiger partial charge is 0.245 e. The van der Waals surface area contributed by atoms with Gasteiger partial charge in [-0.15, -0.1) is 0 Å². The van der Waals surface area contributed by atoms with Crippen LogP contribution in [0.15, 0.2) is 47.6 Å². The molecule has 0 N–H and O–H groups in total. The minimum Gasteiger partial charge on any atom is -0.497 e. The van der Waals surface area contributed by atoms with Gasteiger partial charge in [-0.1, -0.05) is 19.1 Å². The Morgan fingerprint density at radius 2 is 2.08 bits per heavy atom. The van der Waals surface area contributed by atoms with Gasteiger partial charge in [-0.05, 0) is 30.7 Å². The number of nitrogens with zero attached hydrogens (tertiary/aromatic N) is 3. The van der Waals surface area contributed by atoms with Crippen molar-refractivity contribution in [2.24, 2.45) is 0 Å². The third kappa shape index (κ3) is 3.55. The van der Waals surface area contributed by atoms with Gasteiger partial charge in [0, 0.05) is 25.0 Å². The Labute approximate surface area is 142 Å². The van der Waals surface area contributed by atoms with E-state index in [1.165, 1.54) is 22.8 Å². The summed E-state index contributed by atoms with van der Waals surface area (Å²) in [7, 11) is -2.21. The van der Waals surface area contributed by atoms with Crippen LogP contribution in [0.2, 0.25) is 0 Å². The van der Waals surface area contributed by atoms with Crippen molar-refractivity contribution < 1.29 is 13.2 Å². The number of ether oxygens (including phenoxy) is 1. The Bertz CT molecular complexity index is 859. The maximum atomic E-state index is 12.9. The highest BCUT2D eigenvalue weighted by Gasteiger charge is 2.29. The number of pyridine rings is 1. The molecule has 0 saturated carbocycles. The summed E-state index contributed by atoms with van der Waals surface area (Å²) in [6.07, 6.45) is 2.60. The molecule has 0 amide bonds. The standard InChI is InChI=1S/C17H19N3O3S/c1-4-20(13(2)15-6-5-7-16(9-15)23-3)24(21,22)17-8-14(10-18)11-19-12-17/h5-9,11-13H,4H2,1-3H3/t13-/m1/s1. The average Bonchev–Trinajstić information content (AvgIpc) is 2.62. The van der Waals surface area contributed by atoms with Crippen LogP contribution in [-0.4, -0.2) is 31.4 Å². The number of benzene rings is 1. The molecule has 0 spiro atoms. The van der Waals surface area contributed by atoms with Gasteiger partial charge in [0.05, 0.1) is 12.7 Å². The first-order valence-electron chi connectivity index (χ1n) is 7.45. The summed E-state index contributed by atoms with van der Waals surface area (Å²) in [5.41, 5.74) is 1.03. The molecule has 1 aromatic carbocycles. The van der Waals surface area contributed by atoms with Crippen molar-refractivity contribution in [1.82, 2.24) is 9.29 Å². The molecule has 0 radical (unpaired) electrons. The Morgan fingerprint density at radius 3 is 2.71 bits per heavy atom. The van der Waals surface area contributed by atoms with Gasteiger partial charge in [0.25, 0.3) is 0 Å². The van der Waals surface area contributed by atoms with Crippen LogP contribution in [0.3, 0.4) is 0 Å². The molecule has 1 aromatic heterocycles. The molecule has 0 aliphatic rings. The number of methoxy groups -OCH3 is 1. The lowest BCUT2D eigenvalue weighted by Gasteiger charge is -2.27. The fraction of sp³-hybridized carbons (Fsp3) is 0.294. The summed E-state index contributed by atoms with van der Waals surface area (Å²) in [5.74, 6) is 0.668. The highest BCUT2D eigenvalue weighted by molar-refractivity contribution is 7.89. The van der Waals surface area contributed by atoms with Gasteiger partial charge in [0.15, 0.2) is 0 Å². The molecule has 2 aromatic rings. The SMILES string of the molecule is CCN([C@H](C)c1cccc(OC)c1)S(=O)(=O)c1cncc(C#N)c1. The van der Waals surface area contributed by atoms with E-state index in [4.69, 9.17) is 10.00 Å². The summed E-state index contributed by atoms with van der Waals surface area (Å²) in [4.78, 5) is 3.86. The van der Waals surface area contributed by atoms with E-state index in [-0.39, 0.29) is 23.0 Å². The molecule has 1 atom stereocenters. The third-order valence-corrected chi connectivity index (χ3v) is 5.78. The van der Waals surface area contributed by atoms with Crippen LogP contribution < -0.4 is 4.74 Å². The van der Waals surface area contributed by atoms with E-state index in [0.29, 0.717) is 5.75 Å². The van der Waals surface area contributed by atoms with Crippen molar-refractivity contribution in [2.75, 3.05) is 13.7 Å². The number of rotatable bonds is 6. The Kier molecular flexibility index (Phi) is 5.54. The molecule has 0 aliphatic heterocycles. The molecule has 0 aliphatic carbocycles. The fourth-order valence-electron chi connectivity index (χ4n) is 2.48. The van der Waals surface area contributed by atoms with Crippen molar-refractivity contribution in [2.45, 2.75) is 24.8 Å². The molecule has 0 fully saturated rings. The third-order valence-electron chi connectivity index (χ3n) is 3.77. The lowest BCUT2D eigenvalue weighted by Crippen LogP contribution is -2.33. The van der Waals surface area contributed by atoms with Crippen LogP contribution in [0.25, 0.3) is 0 Å². The summed E-state index contributed by atoms with van der Waals surface area (Å²) in [5, 5.41) is 8.96. The predicted octanol–water partition coefficient (Wildman–Crippen LogP) is 2.73. The van der Waals surface area contributed by atoms with E-state index >= 15 is 0 Å². The van der Waals surface area contributed by atoms with Crippen molar-refractivity contribution in [1.29, 1.82) is 5.26 Å². The summed E-state index contributed by atoms with van der Waals surface area (Å²) >= 11 is 0. The van der Waals surface area contributed by atoms with Gasteiger partial charge < -0.3 is 4.74 Å². The summed E-state index contributed by atoms with van der Waals surface area (Å²) in [6, 6.07) is 10.2. The van der Waals surface area contributed by atoms with Gasteiger partial charge in [-0.2, -0.15) is 9.57 Å². The number of hydrogen-bond acceptors (Lipinski definition) is 5. The lowest BCUT2D eigenvalue weighted by atomic mass is 10.1. The molecule has 7 heteroatoms. The Hall–Kier alpha value is -2.43. The van der Waals surface area contributed by atoms with Gasteiger partial charge >= 0.3 is 0 Å². The topological polar surface area (TPSA) is 83.3 Å². The van der Waals surface area contributed by atoms with E-state index in [9.17, 15) is 8.42 Å². The van der Waals surface area contributed by atoms with E-state index in [1.807, 2.05) is 31.2 Å². The second-order valence-corrected chi connectivity index (χ2v) is 7.07. The molecule has 6 nitrogen and oxygen atoms in total. The maximum absolute atomic E-state index is 12.9. The zero-order valence-corrected chi connectivity index (χ0v) is 14.6. The van der Waals surface area contributed by atoms with Crippen LogP contribution in [-0.2, 0) is 10.0 Å². The lowest BCUT2D eigenvalue weighted by molar-refractivity contribution is 0.354. The molecule has 126 valence electrons. The molecule has 24 heavy (non-hydrogen) atoms. The van der Waals surface area contributed by atoms with E-state index in [1.54, 1.807) is 20.1 Å². The molecule has 1 heterocycles. The second kappa shape index (κ2) is 7.43. The average molecular weight is 345 g/mol. The predicted molar refractivity (Wildman–Crippen MR) is 89.9 cm³/mol. The molecule has 0 saturated heterocycles. The van der Waals surface area contributed by atoms with Crippen molar-refractivity contribution in [3.8, 4) is 11.8 Å². The number of hydrogen-bond donors (Lipinski definition) is 0. The van der Waals surface area contributed by atoms with Crippen molar-refractivity contribution in [3.63, 3.8) is 0 Å². The Morgan fingerprint density at radius 1 is 1.33 bits per heavy atom. The van der Waals surface area contributed by atoms with Gasteiger partial charge in [0.1, 0.15) is 16.7 Å². The van der Waals surface area contributed by atoms with Crippen molar-refractivity contribution >= 4 is 10.0 Å². The van der Waals surface area contributed by atoms with E-state index in [0.717, 1.165) is 5.56 Å². The highest BCUT2D eigenvalue weighted by atomic mass is 32.2. The number of sulfonamides is 1. The quantitative estimate of drug-likeness (QED) is 0.804. The maximum Gasteiger partial charge on any atom is 0.245 e. The van der Waals surface area contributed by atoms with Gasteiger partial charge in [0.2, 0.25) is 10.0 Å². The number of nitriles is 1. The zero-order valence-electron chi connectivity index (χ0n) is 13.8. The van der Waals surface area contributed by atoms with Crippen LogP contribution in [0.4, 0.5) is 0 Å². The van der Waals surface area contributed by atoms with Gasteiger partial charge in [-0.25, -0.2) is 8.42 Å². The summed E-state index contributed by atoms with van der Waals surface area (Å²) in [6.45, 7) is 3.88. The largest absolute Gasteiger partial charge is 0.497 e. The first-order valence-corrected chi connectivity index (χ1v) is 8.89. The van der Waals surface area contributed by atoms with E-state index < -0.39 is 10.0 Å². The van der Waals surface area contributed by atoms with Crippen LogP contribution in [0, 0.1) is 11.3 Å². The first-order chi connectivity index (χ1) is 11.4. The van der Waals surface area contributed by atoms with Crippen LogP contribution in [0.5, 0.6) is 5.75 Å². The normalized spacial score (nSPS) is 12.6. The molecular formula is C17H19N3O3S. The van der Waals surface area contributed by atoms with E-state index in [2.05, 4.69) is 4.98 Å².